The Kier molecular flexibility index (Phi) is 6.48. The lowest BCUT2D eigenvalue weighted by atomic mass is 9.86. The van der Waals surface area contributed by atoms with Gasteiger partial charge in [0.05, 0.1) is 18.9 Å². The average Bonchev–Trinajstić information content (AvgIpc) is 3.24. The van der Waals surface area contributed by atoms with Crippen molar-refractivity contribution >= 4 is 17.5 Å². The molecule has 4 rings (SSSR count). The summed E-state index contributed by atoms with van der Waals surface area (Å²) in [7, 11) is 0. The van der Waals surface area contributed by atoms with E-state index in [4.69, 9.17) is 13.9 Å². The Morgan fingerprint density at radius 3 is 2.75 bits per heavy atom. The van der Waals surface area contributed by atoms with Crippen molar-refractivity contribution in [3.8, 4) is 5.75 Å². The van der Waals surface area contributed by atoms with Crippen molar-refractivity contribution in [3.05, 3.63) is 41.6 Å². The number of morpholine rings is 1. The van der Waals surface area contributed by atoms with Crippen LogP contribution in [0.5, 0.6) is 5.75 Å². The molecule has 32 heavy (non-hydrogen) atoms. The summed E-state index contributed by atoms with van der Waals surface area (Å²) in [6.07, 6.45) is 1.33. The van der Waals surface area contributed by atoms with E-state index >= 15 is 0 Å². The van der Waals surface area contributed by atoms with Gasteiger partial charge >= 0.3 is 0 Å². The molecule has 0 radical (unpaired) electrons. The van der Waals surface area contributed by atoms with Gasteiger partial charge in [0.2, 0.25) is 5.89 Å². The molecule has 2 aromatic rings. The third-order valence-corrected chi connectivity index (χ3v) is 5.66. The van der Waals surface area contributed by atoms with Gasteiger partial charge in [-0.2, -0.15) is 0 Å². The topological polar surface area (TPSA) is 97.1 Å². The second-order valence-electron chi connectivity index (χ2n) is 9.04. The van der Waals surface area contributed by atoms with Gasteiger partial charge in [-0.15, -0.1) is 0 Å². The second-order valence-corrected chi connectivity index (χ2v) is 9.04. The smallest absolute Gasteiger partial charge is 0.273 e. The first kappa shape index (κ1) is 22.3. The van der Waals surface area contributed by atoms with E-state index in [2.05, 4.69) is 36.0 Å². The lowest BCUT2D eigenvalue weighted by molar-refractivity contribution is -0.121. The molecule has 0 unspecified atom stereocenters. The molecule has 9 heteroatoms. The number of fused-ring (bicyclic) bond motifs is 1. The Morgan fingerprint density at radius 2 is 2.00 bits per heavy atom. The van der Waals surface area contributed by atoms with Crippen molar-refractivity contribution in [3.63, 3.8) is 0 Å². The average molecular weight is 443 g/mol. The van der Waals surface area contributed by atoms with E-state index < -0.39 is 0 Å². The lowest BCUT2D eigenvalue weighted by Gasteiger charge is -2.30. The molecule has 1 aromatic carbocycles. The van der Waals surface area contributed by atoms with Crippen molar-refractivity contribution in [2.24, 2.45) is 0 Å². The van der Waals surface area contributed by atoms with Crippen LogP contribution in [0.1, 0.15) is 42.7 Å². The van der Waals surface area contributed by atoms with E-state index in [0.29, 0.717) is 23.9 Å². The Labute approximate surface area is 187 Å². The minimum Gasteiger partial charge on any atom is -0.482 e. The molecular formula is C23H30N4O5. The van der Waals surface area contributed by atoms with Crippen molar-refractivity contribution in [1.82, 2.24) is 15.2 Å². The number of rotatable bonds is 6. The maximum absolute atomic E-state index is 12.6. The third kappa shape index (κ3) is 5.11. The summed E-state index contributed by atoms with van der Waals surface area (Å²) >= 11 is 0. The molecular weight excluding hydrogens is 412 g/mol. The number of oxazole rings is 1. The molecule has 0 aliphatic carbocycles. The quantitative estimate of drug-likeness (QED) is 0.730. The largest absolute Gasteiger partial charge is 0.482 e. The normalized spacial score (nSPS) is 17.1. The van der Waals surface area contributed by atoms with Crippen LogP contribution in [-0.4, -0.2) is 67.7 Å². The number of nitrogens with zero attached hydrogens (tertiary/aromatic N) is 3. The van der Waals surface area contributed by atoms with Gasteiger partial charge in [-0.3, -0.25) is 19.4 Å². The highest BCUT2D eigenvalue weighted by atomic mass is 16.5. The predicted molar refractivity (Wildman–Crippen MR) is 118 cm³/mol. The summed E-state index contributed by atoms with van der Waals surface area (Å²) in [5.74, 6) is 0.464. The lowest BCUT2D eigenvalue weighted by Crippen LogP contribution is -2.41. The van der Waals surface area contributed by atoms with Crippen LogP contribution in [0.4, 0.5) is 5.69 Å². The molecule has 0 atom stereocenters. The standard InChI is InChI=1S/C23H30N4O5/c1-23(2,3)16-4-5-19-18(12-16)27(21(28)15-31-19)13-20-25-17(14-32-20)22(29)24-6-7-26-8-10-30-11-9-26/h4-5,12,14H,6-11,13,15H2,1-3H3,(H,24,29). The zero-order chi connectivity index (χ0) is 22.7. The minimum absolute atomic E-state index is 0.0442. The van der Waals surface area contributed by atoms with Crippen LogP contribution >= 0.6 is 0 Å². The number of amides is 2. The number of hydrogen-bond donors (Lipinski definition) is 1. The van der Waals surface area contributed by atoms with Gasteiger partial charge < -0.3 is 19.2 Å². The molecule has 0 spiro atoms. The Bertz CT molecular complexity index is 975. The van der Waals surface area contributed by atoms with Gasteiger partial charge in [-0.25, -0.2) is 4.98 Å². The molecule has 1 aromatic heterocycles. The minimum atomic E-state index is -0.294. The number of aromatic nitrogens is 1. The van der Waals surface area contributed by atoms with Gasteiger partial charge in [0.15, 0.2) is 12.3 Å². The number of hydrogen-bond acceptors (Lipinski definition) is 7. The molecule has 1 N–H and O–H groups in total. The summed E-state index contributed by atoms with van der Waals surface area (Å²) in [6, 6.07) is 5.87. The van der Waals surface area contributed by atoms with Crippen LogP contribution in [0.2, 0.25) is 0 Å². The van der Waals surface area contributed by atoms with Crippen LogP contribution in [-0.2, 0) is 21.5 Å². The van der Waals surface area contributed by atoms with Crippen molar-refractivity contribution in [2.45, 2.75) is 32.7 Å². The zero-order valence-corrected chi connectivity index (χ0v) is 18.8. The number of carbonyl (C=O) groups is 2. The number of benzene rings is 1. The van der Waals surface area contributed by atoms with Crippen LogP contribution in [0.3, 0.4) is 0 Å². The van der Waals surface area contributed by atoms with Gasteiger partial charge in [0.1, 0.15) is 18.6 Å². The van der Waals surface area contributed by atoms with Crippen molar-refractivity contribution in [1.29, 1.82) is 0 Å². The predicted octanol–water partition coefficient (Wildman–Crippen LogP) is 1.96. The van der Waals surface area contributed by atoms with Gasteiger partial charge in [-0.05, 0) is 23.1 Å². The molecule has 0 bridgehead atoms. The highest BCUT2D eigenvalue weighted by Crippen LogP contribution is 2.37. The van der Waals surface area contributed by atoms with E-state index in [1.807, 2.05) is 18.2 Å². The van der Waals surface area contributed by atoms with Gasteiger partial charge in [-0.1, -0.05) is 26.8 Å². The molecule has 9 nitrogen and oxygen atoms in total. The second kappa shape index (κ2) is 9.30. The van der Waals surface area contributed by atoms with Crippen LogP contribution in [0, 0.1) is 0 Å². The van der Waals surface area contributed by atoms with Crippen LogP contribution in [0.15, 0.2) is 28.9 Å². The fourth-order valence-corrected chi connectivity index (χ4v) is 3.71. The third-order valence-electron chi connectivity index (χ3n) is 5.66. The molecule has 2 aliphatic rings. The van der Waals surface area contributed by atoms with E-state index in [9.17, 15) is 9.59 Å². The molecule has 1 saturated heterocycles. The fourth-order valence-electron chi connectivity index (χ4n) is 3.71. The fraction of sp³-hybridized carbons (Fsp3) is 0.522. The first-order valence-electron chi connectivity index (χ1n) is 10.9. The van der Waals surface area contributed by atoms with Crippen LogP contribution < -0.4 is 15.0 Å². The Hall–Kier alpha value is -2.91. The SMILES string of the molecule is CC(C)(C)c1ccc2c(c1)N(Cc1nc(C(=O)NCCN3CCOCC3)co1)C(=O)CO2. The summed E-state index contributed by atoms with van der Waals surface area (Å²) in [5, 5.41) is 2.87. The van der Waals surface area contributed by atoms with E-state index in [1.54, 1.807) is 4.90 Å². The molecule has 2 amide bonds. The highest BCUT2D eigenvalue weighted by Gasteiger charge is 2.29. The molecule has 3 heterocycles. The number of anilines is 1. The monoisotopic (exact) mass is 442 g/mol. The van der Waals surface area contributed by atoms with E-state index in [-0.39, 0.29) is 36.1 Å². The van der Waals surface area contributed by atoms with Crippen molar-refractivity contribution in [2.75, 3.05) is 50.9 Å². The van der Waals surface area contributed by atoms with E-state index in [0.717, 1.165) is 38.4 Å². The van der Waals surface area contributed by atoms with Gasteiger partial charge in [0, 0.05) is 26.2 Å². The van der Waals surface area contributed by atoms with Crippen LogP contribution in [0.25, 0.3) is 0 Å². The first-order chi connectivity index (χ1) is 15.3. The number of carbonyl (C=O) groups excluding carboxylic acids is 2. The zero-order valence-electron chi connectivity index (χ0n) is 18.8. The summed E-state index contributed by atoms with van der Waals surface area (Å²) < 4.78 is 16.4. The van der Waals surface area contributed by atoms with E-state index in [1.165, 1.54) is 6.26 Å². The Balaban J connectivity index is 1.41. The maximum atomic E-state index is 12.6. The summed E-state index contributed by atoms with van der Waals surface area (Å²) in [5.41, 5.74) is 1.90. The highest BCUT2D eigenvalue weighted by molar-refractivity contribution is 5.98. The maximum Gasteiger partial charge on any atom is 0.273 e. The van der Waals surface area contributed by atoms with Crippen molar-refractivity contribution < 1.29 is 23.5 Å². The molecule has 0 saturated carbocycles. The molecule has 2 aliphatic heterocycles. The first-order valence-corrected chi connectivity index (χ1v) is 10.9. The summed E-state index contributed by atoms with van der Waals surface area (Å²) in [4.78, 5) is 33.2. The number of nitrogens with one attached hydrogen (secondary N) is 1. The van der Waals surface area contributed by atoms with Gasteiger partial charge in [0.25, 0.3) is 11.8 Å². The summed E-state index contributed by atoms with van der Waals surface area (Å²) in [6.45, 7) is 10.9. The molecule has 172 valence electrons. The Morgan fingerprint density at radius 1 is 1.22 bits per heavy atom. The molecule has 1 fully saturated rings. The number of ether oxygens (including phenoxy) is 2.